The number of esters is 1. The van der Waals surface area contributed by atoms with Gasteiger partial charge in [-0.1, -0.05) is 6.07 Å². The average molecular weight is 429 g/mol. The monoisotopic (exact) mass is 429 g/mol. The van der Waals surface area contributed by atoms with Crippen LogP contribution >= 0.6 is 11.3 Å². The first-order valence-electron chi connectivity index (χ1n) is 9.25. The van der Waals surface area contributed by atoms with Crippen molar-refractivity contribution in [3.05, 3.63) is 53.0 Å². The van der Waals surface area contributed by atoms with Crippen molar-refractivity contribution in [2.75, 3.05) is 27.9 Å². The lowest BCUT2D eigenvalue weighted by atomic mass is 10.2. The minimum Gasteiger partial charge on any atom is -0.493 e. The molecule has 0 aliphatic carbocycles. The molecular weight excluding hydrogens is 406 g/mol. The minimum absolute atomic E-state index is 0.0527. The summed E-state index contributed by atoms with van der Waals surface area (Å²) in [6.45, 7) is 2.44. The Hall–Kier alpha value is -3.26. The van der Waals surface area contributed by atoms with Crippen LogP contribution < -0.4 is 18.9 Å². The fourth-order valence-corrected chi connectivity index (χ4v) is 3.67. The van der Waals surface area contributed by atoms with Crippen LogP contribution in [0, 0.1) is 0 Å². The van der Waals surface area contributed by atoms with Crippen LogP contribution in [0.25, 0.3) is 10.6 Å². The largest absolute Gasteiger partial charge is 0.493 e. The van der Waals surface area contributed by atoms with Gasteiger partial charge in [0, 0.05) is 5.38 Å². The van der Waals surface area contributed by atoms with Crippen molar-refractivity contribution in [3.8, 4) is 33.6 Å². The van der Waals surface area contributed by atoms with E-state index in [1.807, 2.05) is 30.5 Å². The molecule has 0 unspecified atom stereocenters. The normalized spacial score (nSPS) is 10.4. The number of aromatic nitrogens is 1. The van der Waals surface area contributed by atoms with Gasteiger partial charge < -0.3 is 23.7 Å². The molecule has 0 amide bonds. The van der Waals surface area contributed by atoms with Crippen LogP contribution in [-0.4, -0.2) is 38.9 Å². The molecule has 2 aromatic carbocycles. The topological polar surface area (TPSA) is 76.1 Å². The van der Waals surface area contributed by atoms with Crippen molar-refractivity contribution < 1.29 is 28.5 Å². The maximum atomic E-state index is 12.4. The number of thiazole rings is 1. The van der Waals surface area contributed by atoms with Crippen molar-refractivity contribution in [1.82, 2.24) is 4.98 Å². The molecule has 0 aliphatic rings. The molecule has 0 N–H and O–H groups in total. The SMILES string of the molecule is CCOc1ccc(C(=O)OCc2csc(-c3cccc(OC)c3OC)n2)cc1OC. The highest BCUT2D eigenvalue weighted by atomic mass is 32.1. The highest BCUT2D eigenvalue weighted by molar-refractivity contribution is 7.13. The average Bonchev–Trinajstić information content (AvgIpc) is 3.26. The first kappa shape index (κ1) is 21.4. The van der Waals surface area contributed by atoms with Gasteiger partial charge in [0.2, 0.25) is 0 Å². The summed E-state index contributed by atoms with van der Waals surface area (Å²) in [4.78, 5) is 17.0. The van der Waals surface area contributed by atoms with Crippen LogP contribution in [0.4, 0.5) is 0 Å². The summed E-state index contributed by atoms with van der Waals surface area (Å²) in [6, 6.07) is 10.5. The molecule has 0 saturated carbocycles. The molecular formula is C22H23NO6S. The maximum absolute atomic E-state index is 12.4. The van der Waals surface area contributed by atoms with Gasteiger partial charge in [0.15, 0.2) is 23.0 Å². The van der Waals surface area contributed by atoms with Gasteiger partial charge in [-0.15, -0.1) is 11.3 Å². The number of benzene rings is 2. The Balaban J connectivity index is 1.71. The Labute approximate surface area is 179 Å². The smallest absolute Gasteiger partial charge is 0.338 e. The first-order valence-corrected chi connectivity index (χ1v) is 10.1. The van der Waals surface area contributed by atoms with E-state index in [2.05, 4.69) is 4.98 Å². The zero-order valence-corrected chi connectivity index (χ0v) is 18.1. The van der Waals surface area contributed by atoms with Crippen LogP contribution in [0.15, 0.2) is 41.8 Å². The molecule has 0 bridgehead atoms. The van der Waals surface area contributed by atoms with Gasteiger partial charge in [0.05, 0.1) is 44.8 Å². The van der Waals surface area contributed by atoms with Crippen LogP contribution in [-0.2, 0) is 11.3 Å². The van der Waals surface area contributed by atoms with Gasteiger partial charge in [-0.05, 0) is 37.3 Å². The summed E-state index contributed by atoms with van der Waals surface area (Å²) in [5.41, 5.74) is 1.84. The third-order valence-electron chi connectivity index (χ3n) is 4.24. The standard InChI is InChI=1S/C22H23NO6S/c1-5-28-17-10-9-14(11-19(17)26-3)22(24)29-12-15-13-30-21(23-15)16-7-6-8-18(25-2)20(16)27-4/h6-11,13H,5,12H2,1-4H3. The molecule has 0 saturated heterocycles. The predicted octanol–water partition coefficient (Wildman–Crippen LogP) is 4.59. The van der Waals surface area contributed by atoms with Crippen molar-refractivity contribution in [2.45, 2.75) is 13.5 Å². The molecule has 3 aromatic rings. The lowest BCUT2D eigenvalue weighted by Gasteiger charge is -2.11. The van der Waals surface area contributed by atoms with E-state index in [1.54, 1.807) is 32.4 Å². The van der Waals surface area contributed by atoms with E-state index < -0.39 is 5.97 Å². The van der Waals surface area contributed by atoms with Gasteiger partial charge in [-0.2, -0.15) is 0 Å². The summed E-state index contributed by atoms with van der Waals surface area (Å²) in [5, 5.41) is 2.60. The molecule has 158 valence electrons. The maximum Gasteiger partial charge on any atom is 0.338 e. The lowest BCUT2D eigenvalue weighted by Crippen LogP contribution is -2.06. The Morgan fingerprint density at radius 1 is 1.00 bits per heavy atom. The molecule has 7 nitrogen and oxygen atoms in total. The van der Waals surface area contributed by atoms with E-state index >= 15 is 0 Å². The Bertz CT molecular complexity index is 1020. The lowest BCUT2D eigenvalue weighted by molar-refractivity contribution is 0.0468. The third kappa shape index (κ3) is 4.65. The fraction of sp³-hybridized carbons (Fsp3) is 0.273. The molecule has 1 aromatic heterocycles. The van der Waals surface area contributed by atoms with E-state index in [9.17, 15) is 4.79 Å². The fourth-order valence-electron chi connectivity index (χ4n) is 2.84. The van der Waals surface area contributed by atoms with Crippen molar-refractivity contribution >= 4 is 17.3 Å². The van der Waals surface area contributed by atoms with E-state index in [0.717, 1.165) is 10.6 Å². The van der Waals surface area contributed by atoms with Crippen molar-refractivity contribution in [1.29, 1.82) is 0 Å². The molecule has 3 rings (SSSR count). The van der Waals surface area contributed by atoms with Crippen LogP contribution in [0.3, 0.4) is 0 Å². The van der Waals surface area contributed by atoms with Crippen molar-refractivity contribution in [2.24, 2.45) is 0 Å². The molecule has 0 fully saturated rings. The number of carbonyl (C=O) groups excluding carboxylic acids is 1. The highest BCUT2D eigenvalue weighted by Crippen LogP contribution is 2.39. The van der Waals surface area contributed by atoms with Gasteiger partial charge >= 0.3 is 5.97 Å². The summed E-state index contributed by atoms with van der Waals surface area (Å²) in [7, 11) is 4.70. The molecule has 0 radical (unpaired) electrons. The number of ether oxygens (including phenoxy) is 5. The first-order chi connectivity index (χ1) is 14.6. The second-order valence-corrected chi connectivity index (χ2v) is 6.92. The zero-order chi connectivity index (χ0) is 21.5. The molecule has 30 heavy (non-hydrogen) atoms. The van der Waals surface area contributed by atoms with E-state index in [4.69, 9.17) is 23.7 Å². The quantitative estimate of drug-likeness (QED) is 0.460. The van der Waals surface area contributed by atoms with E-state index in [0.29, 0.717) is 40.9 Å². The number of rotatable bonds is 9. The third-order valence-corrected chi connectivity index (χ3v) is 5.16. The minimum atomic E-state index is -0.468. The number of carbonyl (C=O) groups is 1. The van der Waals surface area contributed by atoms with Crippen LogP contribution in [0.2, 0.25) is 0 Å². The Kier molecular flexibility index (Phi) is 7.13. The predicted molar refractivity (Wildman–Crippen MR) is 114 cm³/mol. The number of methoxy groups -OCH3 is 3. The molecule has 1 heterocycles. The van der Waals surface area contributed by atoms with Gasteiger partial charge in [-0.3, -0.25) is 0 Å². The molecule has 8 heteroatoms. The number of hydrogen-bond donors (Lipinski definition) is 0. The van der Waals surface area contributed by atoms with Crippen LogP contribution in [0.5, 0.6) is 23.0 Å². The van der Waals surface area contributed by atoms with E-state index in [-0.39, 0.29) is 6.61 Å². The summed E-state index contributed by atoms with van der Waals surface area (Å²) in [5.74, 6) is 1.83. The van der Waals surface area contributed by atoms with E-state index in [1.165, 1.54) is 18.4 Å². The summed E-state index contributed by atoms with van der Waals surface area (Å²) < 4.78 is 27.0. The second-order valence-electron chi connectivity index (χ2n) is 6.06. The Morgan fingerprint density at radius 3 is 2.50 bits per heavy atom. The zero-order valence-electron chi connectivity index (χ0n) is 17.3. The summed E-state index contributed by atoms with van der Waals surface area (Å²) in [6.07, 6.45) is 0. The van der Waals surface area contributed by atoms with Gasteiger partial charge in [0.25, 0.3) is 0 Å². The van der Waals surface area contributed by atoms with Crippen molar-refractivity contribution in [3.63, 3.8) is 0 Å². The molecule has 0 aliphatic heterocycles. The molecule has 0 spiro atoms. The summed E-state index contributed by atoms with van der Waals surface area (Å²) >= 11 is 1.44. The Morgan fingerprint density at radius 2 is 1.80 bits per heavy atom. The van der Waals surface area contributed by atoms with Crippen LogP contribution in [0.1, 0.15) is 23.0 Å². The molecule has 0 atom stereocenters. The highest BCUT2D eigenvalue weighted by Gasteiger charge is 2.16. The number of hydrogen-bond acceptors (Lipinski definition) is 8. The van der Waals surface area contributed by atoms with Gasteiger partial charge in [0.1, 0.15) is 11.6 Å². The second kappa shape index (κ2) is 9.98. The number of nitrogens with zero attached hydrogens (tertiary/aromatic N) is 1. The van der Waals surface area contributed by atoms with Gasteiger partial charge in [-0.25, -0.2) is 9.78 Å². The number of para-hydroxylation sites is 1.